The van der Waals surface area contributed by atoms with Crippen LogP contribution in [0.5, 0.6) is 5.75 Å². The van der Waals surface area contributed by atoms with Crippen LogP contribution in [0, 0.1) is 0 Å². The van der Waals surface area contributed by atoms with Crippen molar-refractivity contribution in [2.24, 2.45) is 0 Å². The predicted octanol–water partition coefficient (Wildman–Crippen LogP) is 5.75. The lowest BCUT2D eigenvalue weighted by Crippen LogP contribution is -2.55. The number of pyridine rings is 1. The van der Waals surface area contributed by atoms with E-state index in [-0.39, 0.29) is 31.0 Å². The van der Waals surface area contributed by atoms with E-state index >= 15 is 0 Å². The average Bonchev–Trinajstić information content (AvgIpc) is 3.52. The molecule has 274 valence electrons. The number of hydrogen-bond acceptors (Lipinski definition) is 9. The van der Waals surface area contributed by atoms with E-state index in [4.69, 9.17) is 19.0 Å². The molecule has 0 fully saturated rings. The van der Waals surface area contributed by atoms with E-state index in [2.05, 4.69) is 26.5 Å². The number of nitrogens with one attached hydrogen (secondary N) is 3. The molecule has 0 saturated carbocycles. The van der Waals surface area contributed by atoms with Crippen LogP contribution < -0.4 is 20.9 Å². The number of rotatable bonds is 18. The lowest BCUT2D eigenvalue weighted by molar-refractivity contribution is -0.179. The van der Waals surface area contributed by atoms with Crippen molar-refractivity contribution in [1.82, 2.24) is 26.0 Å². The fourth-order valence-electron chi connectivity index (χ4n) is 5.37. The van der Waals surface area contributed by atoms with E-state index < -0.39 is 36.9 Å². The number of benzene rings is 2. The molecule has 0 aliphatic carbocycles. The lowest BCUT2D eigenvalue weighted by Gasteiger charge is -2.36. The van der Waals surface area contributed by atoms with Crippen molar-refractivity contribution in [2.75, 3.05) is 19.8 Å². The molecule has 2 aromatic carbocycles. The van der Waals surface area contributed by atoms with Crippen molar-refractivity contribution in [3.05, 3.63) is 95.1 Å². The predicted molar refractivity (Wildman–Crippen MR) is 197 cm³/mol. The third kappa shape index (κ3) is 12.3. The Hall–Kier alpha value is -4.56. The third-order valence-corrected chi connectivity index (χ3v) is 8.74. The Labute approximate surface area is 303 Å². The third-order valence-electron chi connectivity index (χ3n) is 7.72. The zero-order chi connectivity index (χ0) is 36.8. The van der Waals surface area contributed by atoms with Gasteiger partial charge in [-0.25, -0.2) is 10.3 Å². The topological polar surface area (TPSA) is 140 Å². The van der Waals surface area contributed by atoms with Crippen molar-refractivity contribution in [3.63, 3.8) is 0 Å². The van der Waals surface area contributed by atoms with Crippen LogP contribution in [0.4, 0.5) is 4.79 Å². The van der Waals surface area contributed by atoms with Gasteiger partial charge in [0.25, 0.3) is 0 Å². The fourth-order valence-corrected chi connectivity index (χ4v) is 6.32. The van der Waals surface area contributed by atoms with Gasteiger partial charge >= 0.3 is 6.03 Å². The Morgan fingerprint density at radius 3 is 2.27 bits per heavy atom. The van der Waals surface area contributed by atoms with Gasteiger partial charge in [-0.3, -0.25) is 19.4 Å². The molecule has 2 heterocycles. The van der Waals surface area contributed by atoms with Crippen LogP contribution in [0.3, 0.4) is 0 Å². The minimum absolute atomic E-state index is 0.182. The Morgan fingerprint density at radius 1 is 0.922 bits per heavy atom. The highest BCUT2D eigenvalue weighted by Crippen LogP contribution is 2.28. The molecule has 2 aromatic heterocycles. The second-order valence-electron chi connectivity index (χ2n) is 12.9. The van der Waals surface area contributed by atoms with Gasteiger partial charge in [-0.1, -0.05) is 30.3 Å². The van der Waals surface area contributed by atoms with Crippen LogP contribution in [-0.4, -0.2) is 71.5 Å². The summed E-state index contributed by atoms with van der Waals surface area (Å²) in [5.41, 5.74) is 4.48. The molecule has 0 radical (unpaired) electrons. The van der Waals surface area contributed by atoms with E-state index in [0.717, 1.165) is 26.8 Å². The number of amides is 4. The highest BCUT2D eigenvalue weighted by atomic mass is 32.1. The summed E-state index contributed by atoms with van der Waals surface area (Å²) in [6.45, 7) is 12.3. The van der Waals surface area contributed by atoms with Crippen LogP contribution in [0.25, 0.3) is 10.1 Å². The van der Waals surface area contributed by atoms with Crippen LogP contribution in [0.1, 0.15) is 58.2 Å². The standard InChI is InChI=1S/C38H49N5O7S/c1-7-47-36(48-8-2)26(3)43(23-29-25-51-33-12-10-9-11-31(29)33)35(45)32(21-27-13-15-30(16-14-27)50-38(4,5)6)41-34(44)24-49-42-37(46)40-22-28-17-19-39-20-18-28/h9-20,25-26,32,36H,7-8,21-24H2,1-6H3,(H,41,44)(H2,40,42,46). The summed E-state index contributed by atoms with van der Waals surface area (Å²) in [7, 11) is 0. The normalized spacial score (nSPS) is 12.7. The van der Waals surface area contributed by atoms with Gasteiger partial charge in [0.1, 0.15) is 17.4 Å². The highest BCUT2D eigenvalue weighted by molar-refractivity contribution is 7.17. The Bertz CT molecular complexity index is 1690. The summed E-state index contributed by atoms with van der Waals surface area (Å²) < 4.78 is 19.0. The molecule has 0 bridgehead atoms. The van der Waals surface area contributed by atoms with Gasteiger partial charge in [0.15, 0.2) is 12.9 Å². The first-order chi connectivity index (χ1) is 24.5. The number of carbonyl (C=O) groups is 3. The minimum atomic E-state index is -0.993. The molecule has 4 rings (SSSR count). The van der Waals surface area contributed by atoms with Crippen LogP contribution in [-0.2, 0) is 43.4 Å². The van der Waals surface area contributed by atoms with Gasteiger partial charge in [-0.2, -0.15) is 0 Å². The second kappa shape index (κ2) is 19.2. The van der Waals surface area contributed by atoms with Crippen LogP contribution in [0.15, 0.2) is 78.4 Å². The maximum absolute atomic E-state index is 14.7. The summed E-state index contributed by atoms with van der Waals surface area (Å²) in [5.74, 6) is -0.223. The molecule has 12 nitrogen and oxygen atoms in total. The summed E-state index contributed by atoms with van der Waals surface area (Å²) in [5, 5.41) is 8.61. The van der Waals surface area contributed by atoms with Gasteiger partial charge in [0, 0.05) is 49.8 Å². The van der Waals surface area contributed by atoms with Gasteiger partial charge in [0.2, 0.25) is 11.8 Å². The van der Waals surface area contributed by atoms with Gasteiger partial charge < -0.3 is 29.7 Å². The lowest BCUT2D eigenvalue weighted by atomic mass is 10.0. The number of urea groups is 1. The maximum atomic E-state index is 14.7. The fraction of sp³-hybridized carbons (Fsp3) is 0.421. The molecule has 51 heavy (non-hydrogen) atoms. The van der Waals surface area contributed by atoms with Crippen molar-refractivity contribution < 1.29 is 33.4 Å². The van der Waals surface area contributed by atoms with Crippen molar-refractivity contribution >= 4 is 39.3 Å². The molecule has 13 heteroatoms. The SMILES string of the molecule is CCOC(OCC)C(C)N(Cc1csc2ccccc12)C(=O)C(Cc1ccc(OC(C)(C)C)cc1)NC(=O)CONC(=O)NCc1ccncc1. The second-order valence-corrected chi connectivity index (χ2v) is 13.8. The van der Waals surface area contributed by atoms with Gasteiger partial charge in [-0.15, -0.1) is 11.3 Å². The molecular weight excluding hydrogens is 671 g/mol. The van der Waals surface area contributed by atoms with Crippen molar-refractivity contribution in [1.29, 1.82) is 0 Å². The van der Waals surface area contributed by atoms with Crippen LogP contribution in [0.2, 0.25) is 0 Å². The van der Waals surface area contributed by atoms with E-state index in [9.17, 15) is 14.4 Å². The Balaban J connectivity index is 1.55. The summed E-state index contributed by atoms with van der Waals surface area (Å²) in [4.78, 5) is 51.2. The molecule has 2 unspecified atom stereocenters. The van der Waals surface area contributed by atoms with E-state index in [1.165, 1.54) is 0 Å². The Kier molecular flexibility index (Phi) is 14.7. The van der Waals surface area contributed by atoms with E-state index in [0.29, 0.717) is 19.0 Å². The number of thiophene rings is 1. The van der Waals surface area contributed by atoms with Crippen molar-refractivity contribution in [2.45, 2.75) is 85.0 Å². The van der Waals surface area contributed by atoms with Crippen LogP contribution >= 0.6 is 11.3 Å². The number of nitrogens with zero attached hydrogens (tertiary/aromatic N) is 2. The molecule has 0 saturated heterocycles. The number of aromatic nitrogens is 1. The summed E-state index contributed by atoms with van der Waals surface area (Å²) >= 11 is 1.61. The van der Waals surface area contributed by atoms with E-state index in [1.807, 2.05) is 90.1 Å². The number of hydrogen-bond donors (Lipinski definition) is 3. The smallest absolute Gasteiger partial charge is 0.338 e. The molecule has 0 aliphatic rings. The number of carbonyl (C=O) groups excluding carboxylic acids is 3. The summed E-state index contributed by atoms with van der Waals surface area (Å²) in [6, 6.07) is 16.9. The largest absolute Gasteiger partial charge is 0.488 e. The zero-order valence-corrected chi connectivity index (χ0v) is 31.0. The van der Waals surface area contributed by atoms with E-state index in [1.54, 1.807) is 40.8 Å². The molecule has 2 atom stereocenters. The molecule has 0 spiro atoms. The summed E-state index contributed by atoms with van der Waals surface area (Å²) in [6.07, 6.45) is 2.73. The van der Waals surface area contributed by atoms with Gasteiger partial charge in [0.05, 0.1) is 6.04 Å². The first-order valence-corrected chi connectivity index (χ1v) is 18.0. The highest BCUT2D eigenvalue weighted by Gasteiger charge is 2.34. The first kappa shape index (κ1) is 39.2. The number of hydroxylamine groups is 1. The minimum Gasteiger partial charge on any atom is -0.488 e. The molecule has 0 aliphatic heterocycles. The zero-order valence-electron chi connectivity index (χ0n) is 30.1. The average molecular weight is 720 g/mol. The van der Waals surface area contributed by atoms with Gasteiger partial charge in [-0.05, 0) is 99.3 Å². The van der Waals surface area contributed by atoms with Crippen molar-refractivity contribution in [3.8, 4) is 5.75 Å². The molecule has 3 N–H and O–H groups in total. The number of fused-ring (bicyclic) bond motifs is 1. The maximum Gasteiger partial charge on any atom is 0.338 e. The number of ether oxygens (including phenoxy) is 3. The molecule has 4 aromatic rings. The first-order valence-electron chi connectivity index (χ1n) is 17.1. The monoisotopic (exact) mass is 719 g/mol. The Morgan fingerprint density at radius 2 is 1.61 bits per heavy atom. The quantitative estimate of drug-likeness (QED) is 0.0873. The molecular formula is C38H49N5O7S. The molecule has 4 amide bonds.